The van der Waals surface area contributed by atoms with Gasteiger partial charge in [-0.25, -0.2) is 0 Å². The number of carbonyl (C=O) groups is 1. The number of rotatable bonds is 3. The van der Waals surface area contributed by atoms with Crippen molar-refractivity contribution in [1.29, 1.82) is 0 Å². The lowest BCUT2D eigenvalue weighted by atomic mass is 10.1. The number of nitrogens with one attached hydrogen (secondary N) is 3. The number of carbonyl (C=O) groups excluding carboxylic acids is 1. The fourth-order valence-electron chi connectivity index (χ4n) is 3.06. The lowest BCUT2D eigenvalue weighted by Crippen LogP contribution is -2.49. The Kier molecular flexibility index (Phi) is 3.27. The van der Waals surface area contributed by atoms with Gasteiger partial charge in [-0.15, -0.1) is 11.3 Å². The Hall–Kier alpha value is -2.06. The Balaban J connectivity index is 1.87. The predicted octanol–water partition coefficient (Wildman–Crippen LogP) is 0.668. The summed E-state index contributed by atoms with van der Waals surface area (Å²) in [5.74, 6) is 0.788. The molecule has 0 spiro atoms. The van der Waals surface area contributed by atoms with Gasteiger partial charge in [0.2, 0.25) is 0 Å². The minimum atomic E-state index is -0.0231. The van der Waals surface area contributed by atoms with Crippen LogP contribution in [0.5, 0.6) is 5.75 Å². The van der Waals surface area contributed by atoms with Crippen LogP contribution in [0.15, 0.2) is 12.4 Å². The second-order valence-corrected chi connectivity index (χ2v) is 6.41. The molecule has 0 saturated carbocycles. The highest BCUT2D eigenvalue weighted by Crippen LogP contribution is 2.50. The summed E-state index contributed by atoms with van der Waals surface area (Å²) in [5, 5.41) is 13.1. The Morgan fingerprint density at radius 1 is 1.55 bits per heavy atom. The van der Waals surface area contributed by atoms with Gasteiger partial charge in [0.25, 0.3) is 5.91 Å². The van der Waals surface area contributed by atoms with Crippen molar-refractivity contribution < 1.29 is 9.53 Å². The van der Waals surface area contributed by atoms with Crippen molar-refractivity contribution in [3.05, 3.63) is 17.3 Å². The van der Waals surface area contributed by atoms with Crippen LogP contribution in [-0.4, -0.2) is 55.4 Å². The molecule has 2 aromatic heterocycles. The van der Waals surface area contributed by atoms with Gasteiger partial charge in [-0.05, 0) is 7.05 Å². The number of ether oxygens (including phenoxy) is 1. The van der Waals surface area contributed by atoms with Crippen LogP contribution in [0.3, 0.4) is 0 Å². The second kappa shape index (κ2) is 5.29. The van der Waals surface area contributed by atoms with Crippen molar-refractivity contribution in [2.24, 2.45) is 0 Å². The molecule has 22 heavy (non-hydrogen) atoms. The van der Waals surface area contributed by atoms with Gasteiger partial charge in [0.05, 0.1) is 23.7 Å². The third-order valence-corrected chi connectivity index (χ3v) is 5.26. The van der Waals surface area contributed by atoms with Gasteiger partial charge in [-0.3, -0.25) is 9.89 Å². The average Bonchev–Trinajstić information content (AvgIpc) is 3.15. The van der Waals surface area contributed by atoms with Crippen LogP contribution in [0.25, 0.3) is 10.4 Å². The number of anilines is 1. The highest BCUT2D eigenvalue weighted by atomic mass is 32.1. The van der Waals surface area contributed by atoms with E-state index in [9.17, 15) is 4.79 Å². The van der Waals surface area contributed by atoms with Crippen molar-refractivity contribution in [2.75, 3.05) is 38.2 Å². The van der Waals surface area contributed by atoms with E-state index in [4.69, 9.17) is 4.74 Å². The first kappa shape index (κ1) is 13.6. The van der Waals surface area contributed by atoms with E-state index < -0.39 is 0 Å². The van der Waals surface area contributed by atoms with E-state index >= 15 is 0 Å². The molecule has 0 fully saturated rings. The van der Waals surface area contributed by atoms with Gasteiger partial charge < -0.3 is 20.3 Å². The molecular formula is C14H17N5O2S. The maximum atomic E-state index is 12.4. The van der Waals surface area contributed by atoms with Crippen LogP contribution in [0.4, 0.5) is 5.69 Å². The quantitative estimate of drug-likeness (QED) is 0.774. The molecule has 0 bridgehead atoms. The summed E-state index contributed by atoms with van der Waals surface area (Å²) in [6, 6.07) is 0.227. The zero-order valence-electron chi connectivity index (χ0n) is 12.2. The summed E-state index contributed by atoms with van der Waals surface area (Å²) in [5.41, 5.74) is 1.88. The summed E-state index contributed by atoms with van der Waals surface area (Å²) in [7, 11) is 1.93. The van der Waals surface area contributed by atoms with Crippen LogP contribution in [0, 0.1) is 0 Å². The molecular weight excluding hydrogens is 302 g/mol. The van der Waals surface area contributed by atoms with E-state index in [0.29, 0.717) is 13.2 Å². The van der Waals surface area contributed by atoms with E-state index in [1.807, 2.05) is 13.2 Å². The van der Waals surface area contributed by atoms with Crippen molar-refractivity contribution in [3.8, 4) is 16.2 Å². The summed E-state index contributed by atoms with van der Waals surface area (Å²) >= 11 is 1.47. The molecule has 1 amide bonds. The highest BCUT2D eigenvalue weighted by molar-refractivity contribution is 7.18. The largest absolute Gasteiger partial charge is 0.488 e. The van der Waals surface area contributed by atoms with E-state index in [0.717, 1.165) is 39.8 Å². The molecule has 7 nitrogen and oxygen atoms in total. The molecule has 4 heterocycles. The van der Waals surface area contributed by atoms with Gasteiger partial charge in [-0.2, -0.15) is 5.10 Å². The third-order valence-electron chi connectivity index (χ3n) is 4.05. The van der Waals surface area contributed by atoms with E-state index in [1.54, 1.807) is 6.20 Å². The Morgan fingerprint density at radius 3 is 3.23 bits per heavy atom. The monoisotopic (exact) mass is 319 g/mol. The van der Waals surface area contributed by atoms with Crippen molar-refractivity contribution in [2.45, 2.75) is 6.04 Å². The molecule has 116 valence electrons. The number of hydrogen-bond acceptors (Lipinski definition) is 6. The molecule has 0 unspecified atom stereocenters. The number of amides is 1. The van der Waals surface area contributed by atoms with E-state index in [1.165, 1.54) is 11.3 Å². The number of H-pyrrole nitrogens is 1. The topological polar surface area (TPSA) is 82.3 Å². The van der Waals surface area contributed by atoms with Crippen LogP contribution in [0.1, 0.15) is 9.67 Å². The van der Waals surface area contributed by atoms with Gasteiger partial charge in [-0.1, -0.05) is 0 Å². The Morgan fingerprint density at radius 2 is 2.45 bits per heavy atom. The fraction of sp³-hybridized carbons (Fsp3) is 0.429. The van der Waals surface area contributed by atoms with Crippen molar-refractivity contribution >= 4 is 22.9 Å². The molecule has 0 radical (unpaired) electrons. The molecule has 0 aliphatic carbocycles. The number of likely N-dealkylation sites (N-methyl/N-ethyl adjacent to an activating group) is 1. The number of thiophene rings is 1. The lowest BCUT2D eigenvalue weighted by molar-refractivity contribution is 0.0959. The zero-order valence-corrected chi connectivity index (χ0v) is 13.0. The molecule has 0 saturated heterocycles. The summed E-state index contributed by atoms with van der Waals surface area (Å²) < 4.78 is 5.92. The maximum Gasteiger partial charge on any atom is 0.263 e. The third kappa shape index (κ3) is 1.98. The number of hydrogen-bond donors (Lipinski definition) is 3. The molecule has 4 rings (SSSR count). The number of aromatic amines is 1. The SMILES string of the molecule is CNC[C@H]1CNC(=O)c2sc(-c3cn[nH]c3)c3c2N1CCO3. The molecule has 8 heteroatoms. The van der Waals surface area contributed by atoms with E-state index in [2.05, 4.69) is 25.7 Å². The molecule has 2 aliphatic rings. The minimum Gasteiger partial charge on any atom is -0.488 e. The Bertz CT molecular complexity index is 696. The summed E-state index contributed by atoms with van der Waals surface area (Å²) in [6.07, 6.45) is 3.58. The maximum absolute atomic E-state index is 12.4. The second-order valence-electron chi connectivity index (χ2n) is 5.39. The summed E-state index contributed by atoms with van der Waals surface area (Å²) in [4.78, 5) is 16.4. The minimum absolute atomic E-state index is 0.0231. The number of aromatic nitrogens is 2. The normalized spacial score (nSPS) is 20.1. The van der Waals surface area contributed by atoms with Crippen molar-refractivity contribution in [3.63, 3.8) is 0 Å². The van der Waals surface area contributed by atoms with Crippen LogP contribution in [-0.2, 0) is 0 Å². The van der Waals surface area contributed by atoms with E-state index in [-0.39, 0.29) is 11.9 Å². The number of nitrogens with zero attached hydrogens (tertiary/aromatic N) is 2. The van der Waals surface area contributed by atoms with Gasteiger partial charge in [0.15, 0.2) is 5.75 Å². The molecule has 0 aromatic carbocycles. The van der Waals surface area contributed by atoms with Gasteiger partial charge >= 0.3 is 0 Å². The first-order valence-electron chi connectivity index (χ1n) is 7.27. The van der Waals surface area contributed by atoms with Crippen LogP contribution in [0.2, 0.25) is 0 Å². The molecule has 3 N–H and O–H groups in total. The molecule has 2 aliphatic heterocycles. The average molecular weight is 319 g/mol. The van der Waals surface area contributed by atoms with Crippen molar-refractivity contribution in [1.82, 2.24) is 20.8 Å². The van der Waals surface area contributed by atoms with Crippen LogP contribution >= 0.6 is 11.3 Å². The molecule has 2 aromatic rings. The zero-order chi connectivity index (χ0) is 15.1. The predicted molar refractivity (Wildman–Crippen MR) is 84.8 cm³/mol. The van der Waals surface area contributed by atoms with Gasteiger partial charge in [0, 0.05) is 24.8 Å². The Labute approximate surface area is 131 Å². The summed E-state index contributed by atoms with van der Waals surface area (Å²) in [6.45, 7) is 2.88. The lowest BCUT2D eigenvalue weighted by Gasteiger charge is -2.35. The first-order valence-corrected chi connectivity index (χ1v) is 8.09. The standard InChI is InChI=1S/C14H17N5O2S/c1-15-6-9-7-16-14(20)13-10-11(21-3-2-19(9)10)12(22-13)8-4-17-18-5-8/h4-5,9,15H,2-3,6-7H2,1H3,(H,16,20)(H,17,18)/t9-/m0/s1. The fourth-order valence-corrected chi connectivity index (χ4v) is 4.22. The highest BCUT2D eigenvalue weighted by Gasteiger charge is 2.37. The van der Waals surface area contributed by atoms with Gasteiger partial charge in [0.1, 0.15) is 17.2 Å². The molecule has 1 atom stereocenters. The first-order chi connectivity index (χ1) is 10.8. The van der Waals surface area contributed by atoms with Crippen LogP contribution < -0.4 is 20.3 Å². The smallest absolute Gasteiger partial charge is 0.263 e.